The third-order valence-electron chi connectivity index (χ3n) is 5.08. The van der Waals surface area contributed by atoms with E-state index in [2.05, 4.69) is 19.2 Å². The van der Waals surface area contributed by atoms with Gasteiger partial charge in [-0.2, -0.15) is 0 Å². The molecule has 0 radical (unpaired) electrons. The molecule has 3 amide bonds. The Labute approximate surface area is 154 Å². The molecule has 0 aliphatic carbocycles. The summed E-state index contributed by atoms with van der Waals surface area (Å²) in [5, 5.41) is 3.19. The summed E-state index contributed by atoms with van der Waals surface area (Å²) in [4.78, 5) is 39.8. The molecule has 2 saturated heterocycles. The van der Waals surface area contributed by atoms with Gasteiger partial charge in [0.2, 0.25) is 11.8 Å². The SMILES string of the molecule is Cc1cc(N[C@H]2CC(=O)N(CCC(C)C)C2=O)ccc1N1CCCC1=O. The predicted octanol–water partition coefficient (Wildman–Crippen LogP) is 2.71. The van der Waals surface area contributed by atoms with Crippen LogP contribution < -0.4 is 10.2 Å². The van der Waals surface area contributed by atoms with Crippen LogP contribution in [-0.4, -0.2) is 41.8 Å². The van der Waals surface area contributed by atoms with Crippen molar-refractivity contribution in [2.24, 2.45) is 5.92 Å². The second kappa shape index (κ2) is 7.48. The van der Waals surface area contributed by atoms with Crippen LogP contribution in [0.2, 0.25) is 0 Å². The van der Waals surface area contributed by atoms with Crippen LogP contribution in [-0.2, 0) is 14.4 Å². The first kappa shape index (κ1) is 18.4. The number of likely N-dealkylation sites (tertiary alicyclic amines) is 1. The van der Waals surface area contributed by atoms with E-state index in [1.54, 1.807) is 0 Å². The number of rotatable bonds is 6. The van der Waals surface area contributed by atoms with E-state index in [9.17, 15) is 14.4 Å². The second-order valence-electron chi connectivity index (χ2n) is 7.62. The molecule has 2 fully saturated rings. The largest absolute Gasteiger partial charge is 0.373 e. The minimum absolute atomic E-state index is 0.107. The minimum atomic E-state index is -0.506. The van der Waals surface area contributed by atoms with Gasteiger partial charge in [0.25, 0.3) is 5.91 Å². The highest BCUT2D eigenvalue weighted by atomic mass is 16.2. The molecular weight excluding hydrogens is 330 g/mol. The van der Waals surface area contributed by atoms with Gasteiger partial charge in [-0.05, 0) is 49.4 Å². The highest BCUT2D eigenvalue weighted by molar-refractivity contribution is 6.06. The van der Waals surface area contributed by atoms with Crippen molar-refractivity contribution in [3.05, 3.63) is 23.8 Å². The summed E-state index contributed by atoms with van der Waals surface area (Å²) >= 11 is 0. The summed E-state index contributed by atoms with van der Waals surface area (Å²) < 4.78 is 0. The Bertz CT molecular complexity index is 729. The zero-order valence-corrected chi connectivity index (χ0v) is 15.7. The molecule has 0 bridgehead atoms. The van der Waals surface area contributed by atoms with Crippen LogP contribution in [0.5, 0.6) is 0 Å². The zero-order chi connectivity index (χ0) is 18.8. The third kappa shape index (κ3) is 3.74. The van der Waals surface area contributed by atoms with E-state index < -0.39 is 6.04 Å². The quantitative estimate of drug-likeness (QED) is 0.795. The van der Waals surface area contributed by atoms with E-state index in [1.807, 2.05) is 30.0 Å². The van der Waals surface area contributed by atoms with E-state index in [4.69, 9.17) is 0 Å². The van der Waals surface area contributed by atoms with Crippen molar-refractivity contribution >= 4 is 29.1 Å². The lowest BCUT2D eigenvalue weighted by atomic mass is 10.1. The number of carbonyl (C=O) groups is 3. The van der Waals surface area contributed by atoms with Crippen molar-refractivity contribution in [1.29, 1.82) is 0 Å². The van der Waals surface area contributed by atoms with Crippen molar-refractivity contribution in [3.63, 3.8) is 0 Å². The molecule has 1 aromatic rings. The molecular formula is C20H27N3O3. The van der Waals surface area contributed by atoms with E-state index in [-0.39, 0.29) is 24.1 Å². The van der Waals surface area contributed by atoms with Crippen LogP contribution in [0.25, 0.3) is 0 Å². The first-order valence-electron chi connectivity index (χ1n) is 9.38. The number of amides is 3. The second-order valence-corrected chi connectivity index (χ2v) is 7.62. The number of anilines is 2. The number of carbonyl (C=O) groups excluding carboxylic acids is 3. The van der Waals surface area contributed by atoms with E-state index >= 15 is 0 Å². The molecule has 6 nitrogen and oxygen atoms in total. The molecule has 140 valence electrons. The highest BCUT2D eigenvalue weighted by Gasteiger charge is 2.38. The summed E-state index contributed by atoms with van der Waals surface area (Å²) in [5.41, 5.74) is 2.71. The number of aryl methyl sites for hydroxylation is 1. The number of benzene rings is 1. The van der Waals surface area contributed by atoms with E-state index in [1.165, 1.54) is 4.90 Å². The minimum Gasteiger partial charge on any atom is -0.373 e. The van der Waals surface area contributed by atoms with Crippen LogP contribution in [0.1, 0.15) is 45.1 Å². The van der Waals surface area contributed by atoms with Crippen LogP contribution in [0.4, 0.5) is 11.4 Å². The van der Waals surface area contributed by atoms with Gasteiger partial charge in [0, 0.05) is 30.9 Å². The molecule has 2 aliphatic rings. The van der Waals surface area contributed by atoms with Crippen LogP contribution >= 0.6 is 0 Å². The van der Waals surface area contributed by atoms with Gasteiger partial charge in [0.05, 0.1) is 6.42 Å². The molecule has 0 saturated carbocycles. The van der Waals surface area contributed by atoms with Gasteiger partial charge in [-0.15, -0.1) is 0 Å². The lowest BCUT2D eigenvalue weighted by molar-refractivity contribution is -0.138. The fraction of sp³-hybridized carbons (Fsp3) is 0.550. The number of nitrogens with zero attached hydrogens (tertiary/aromatic N) is 2. The average molecular weight is 357 g/mol. The molecule has 1 aromatic carbocycles. The number of hydrogen-bond acceptors (Lipinski definition) is 4. The smallest absolute Gasteiger partial charge is 0.252 e. The number of nitrogens with one attached hydrogen (secondary N) is 1. The van der Waals surface area contributed by atoms with Crippen molar-refractivity contribution in [2.75, 3.05) is 23.3 Å². The maximum atomic E-state index is 12.5. The first-order chi connectivity index (χ1) is 12.4. The molecule has 26 heavy (non-hydrogen) atoms. The van der Waals surface area contributed by atoms with E-state index in [0.717, 1.165) is 36.3 Å². The number of hydrogen-bond donors (Lipinski definition) is 1. The zero-order valence-electron chi connectivity index (χ0n) is 15.7. The Hall–Kier alpha value is -2.37. The number of imide groups is 1. The van der Waals surface area contributed by atoms with Gasteiger partial charge >= 0.3 is 0 Å². The Balaban J connectivity index is 1.67. The average Bonchev–Trinajstić information content (AvgIpc) is 3.10. The van der Waals surface area contributed by atoms with Gasteiger partial charge in [0.1, 0.15) is 6.04 Å². The van der Waals surface area contributed by atoms with Crippen LogP contribution in [0, 0.1) is 12.8 Å². The first-order valence-corrected chi connectivity index (χ1v) is 9.38. The van der Waals surface area contributed by atoms with Gasteiger partial charge in [0.15, 0.2) is 0 Å². The lowest BCUT2D eigenvalue weighted by Crippen LogP contribution is -2.35. The molecule has 1 atom stereocenters. The van der Waals surface area contributed by atoms with Crippen LogP contribution in [0.15, 0.2) is 18.2 Å². The van der Waals surface area contributed by atoms with Gasteiger partial charge in [-0.1, -0.05) is 13.8 Å². The molecule has 1 N–H and O–H groups in total. The maximum Gasteiger partial charge on any atom is 0.252 e. The summed E-state index contributed by atoms with van der Waals surface area (Å²) in [6.07, 6.45) is 2.51. The Morgan fingerprint density at radius 2 is 1.96 bits per heavy atom. The molecule has 2 heterocycles. The molecule has 3 rings (SSSR count). The molecule has 0 spiro atoms. The van der Waals surface area contributed by atoms with E-state index in [0.29, 0.717) is 18.9 Å². The summed E-state index contributed by atoms with van der Waals surface area (Å²) in [6, 6.07) is 5.23. The Morgan fingerprint density at radius 3 is 2.58 bits per heavy atom. The predicted molar refractivity (Wildman–Crippen MR) is 101 cm³/mol. The fourth-order valence-electron chi connectivity index (χ4n) is 3.57. The Kier molecular flexibility index (Phi) is 5.30. The Morgan fingerprint density at radius 1 is 1.19 bits per heavy atom. The van der Waals surface area contributed by atoms with Crippen LogP contribution in [0.3, 0.4) is 0 Å². The van der Waals surface area contributed by atoms with Crippen molar-refractivity contribution < 1.29 is 14.4 Å². The molecule has 0 aromatic heterocycles. The normalized spacial score (nSPS) is 20.6. The monoisotopic (exact) mass is 357 g/mol. The van der Waals surface area contributed by atoms with Crippen molar-refractivity contribution in [1.82, 2.24) is 4.90 Å². The molecule has 0 unspecified atom stereocenters. The van der Waals surface area contributed by atoms with Gasteiger partial charge < -0.3 is 10.2 Å². The highest BCUT2D eigenvalue weighted by Crippen LogP contribution is 2.28. The summed E-state index contributed by atoms with van der Waals surface area (Å²) in [6.45, 7) is 7.37. The maximum absolute atomic E-state index is 12.5. The summed E-state index contributed by atoms with van der Waals surface area (Å²) in [7, 11) is 0. The molecule has 6 heteroatoms. The van der Waals surface area contributed by atoms with Gasteiger partial charge in [-0.25, -0.2) is 0 Å². The molecule has 2 aliphatic heterocycles. The van der Waals surface area contributed by atoms with Crippen molar-refractivity contribution in [3.8, 4) is 0 Å². The van der Waals surface area contributed by atoms with Crippen molar-refractivity contribution in [2.45, 2.75) is 52.5 Å². The fourth-order valence-corrected chi connectivity index (χ4v) is 3.57. The summed E-state index contributed by atoms with van der Waals surface area (Å²) in [5.74, 6) is 0.355. The third-order valence-corrected chi connectivity index (χ3v) is 5.08. The van der Waals surface area contributed by atoms with Gasteiger partial charge in [-0.3, -0.25) is 19.3 Å². The standard InChI is InChI=1S/C20H27N3O3/c1-13(2)8-10-23-19(25)12-16(20(23)26)21-15-6-7-17(14(3)11-15)22-9-4-5-18(22)24/h6-7,11,13,16,21H,4-5,8-10,12H2,1-3H3/t16-/m0/s1. The topological polar surface area (TPSA) is 69.7 Å². The lowest BCUT2D eigenvalue weighted by Gasteiger charge is -2.20.